The first-order chi connectivity index (χ1) is 11.0. The molecule has 2 heterocycles. The van der Waals surface area contributed by atoms with E-state index in [0.717, 1.165) is 32.2 Å². The van der Waals surface area contributed by atoms with Crippen molar-refractivity contribution in [2.24, 2.45) is 10.3 Å². The molecule has 0 aromatic heterocycles. The summed E-state index contributed by atoms with van der Waals surface area (Å²) in [6, 6.07) is 7.24. The van der Waals surface area contributed by atoms with Gasteiger partial charge >= 0.3 is 0 Å². The zero-order chi connectivity index (χ0) is 16.0. The molecular formula is C16H19N3O3S. The number of benzene rings is 1. The average Bonchev–Trinajstić information content (AvgIpc) is 3.32. The Balaban J connectivity index is 1.57. The number of fused-ring (bicyclic) bond motifs is 1. The topological polar surface area (TPSA) is 78.8 Å². The normalized spacial score (nSPS) is 25.7. The molecule has 1 atom stereocenters. The van der Waals surface area contributed by atoms with Crippen LogP contribution in [0.3, 0.4) is 0 Å². The summed E-state index contributed by atoms with van der Waals surface area (Å²) in [6.07, 6.45) is 3.85. The van der Waals surface area contributed by atoms with Crippen LogP contribution in [0.5, 0.6) is 0 Å². The van der Waals surface area contributed by atoms with Crippen molar-refractivity contribution in [3.63, 3.8) is 0 Å². The zero-order valence-electron chi connectivity index (χ0n) is 12.7. The highest BCUT2D eigenvalue weighted by Crippen LogP contribution is 2.30. The Morgan fingerprint density at radius 3 is 2.78 bits per heavy atom. The standard InChI is InChI=1S/C16H19N3O3S/c20-16(17-12-7-8-12)11-4-3-9-19(10-11)15-13-5-1-2-6-14(13)23(21,22)18-15/h1-2,5-6,11-12H,3-4,7-10H2,(H,17,20). The lowest BCUT2D eigenvalue weighted by atomic mass is 9.96. The van der Waals surface area contributed by atoms with Crippen LogP contribution in [0.4, 0.5) is 0 Å². The molecule has 122 valence electrons. The van der Waals surface area contributed by atoms with E-state index in [4.69, 9.17) is 0 Å². The zero-order valence-corrected chi connectivity index (χ0v) is 13.6. The number of sulfonamides is 1. The van der Waals surface area contributed by atoms with E-state index in [9.17, 15) is 13.2 Å². The second-order valence-electron chi connectivity index (χ2n) is 6.45. The van der Waals surface area contributed by atoms with Gasteiger partial charge in [-0.1, -0.05) is 12.1 Å². The number of rotatable bonds is 2. The van der Waals surface area contributed by atoms with Crippen molar-refractivity contribution in [1.82, 2.24) is 10.2 Å². The van der Waals surface area contributed by atoms with E-state index in [-0.39, 0.29) is 16.7 Å². The highest BCUT2D eigenvalue weighted by atomic mass is 32.2. The van der Waals surface area contributed by atoms with Crippen LogP contribution < -0.4 is 5.32 Å². The molecule has 4 rings (SSSR count). The van der Waals surface area contributed by atoms with Crippen LogP contribution in [0, 0.1) is 5.92 Å². The minimum atomic E-state index is -3.61. The number of carbonyl (C=O) groups excluding carboxylic acids is 1. The molecule has 1 aromatic carbocycles. The lowest BCUT2D eigenvalue weighted by molar-refractivity contribution is -0.126. The first-order valence-electron chi connectivity index (χ1n) is 8.04. The summed E-state index contributed by atoms with van der Waals surface area (Å²) in [5, 5.41) is 3.05. The lowest BCUT2D eigenvalue weighted by Gasteiger charge is -2.33. The molecular weight excluding hydrogens is 314 g/mol. The largest absolute Gasteiger partial charge is 0.355 e. The Kier molecular flexibility index (Phi) is 3.41. The van der Waals surface area contributed by atoms with E-state index >= 15 is 0 Å². The van der Waals surface area contributed by atoms with E-state index in [1.165, 1.54) is 0 Å². The van der Waals surface area contributed by atoms with Crippen LogP contribution >= 0.6 is 0 Å². The van der Waals surface area contributed by atoms with Crippen molar-refractivity contribution in [3.8, 4) is 0 Å². The predicted octanol–water partition coefficient (Wildman–Crippen LogP) is 1.13. The van der Waals surface area contributed by atoms with Crippen molar-refractivity contribution < 1.29 is 13.2 Å². The molecule has 1 aromatic rings. The third-order valence-corrected chi connectivity index (χ3v) is 5.95. The SMILES string of the molecule is O=C(NC1CC1)C1CCCN(C2=NS(=O)(=O)c3ccccc32)C1. The van der Waals surface area contributed by atoms with Crippen molar-refractivity contribution in [2.75, 3.05) is 13.1 Å². The van der Waals surface area contributed by atoms with Crippen molar-refractivity contribution in [3.05, 3.63) is 29.8 Å². The second kappa shape index (κ2) is 5.33. The van der Waals surface area contributed by atoms with Crippen molar-refractivity contribution >= 4 is 21.8 Å². The van der Waals surface area contributed by atoms with Gasteiger partial charge in [0.25, 0.3) is 10.0 Å². The Morgan fingerprint density at radius 1 is 1.22 bits per heavy atom. The first-order valence-corrected chi connectivity index (χ1v) is 9.48. The smallest absolute Gasteiger partial charge is 0.285 e. The van der Waals surface area contributed by atoms with Crippen LogP contribution in [0.25, 0.3) is 0 Å². The average molecular weight is 333 g/mol. The third-order valence-electron chi connectivity index (χ3n) is 4.63. The van der Waals surface area contributed by atoms with Gasteiger partial charge in [0.1, 0.15) is 4.90 Å². The fourth-order valence-electron chi connectivity index (χ4n) is 3.25. The lowest BCUT2D eigenvalue weighted by Crippen LogP contribution is -2.45. The Hall–Kier alpha value is -1.89. The summed E-state index contributed by atoms with van der Waals surface area (Å²) < 4.78 is 28.3. The summed E-state index contributed by atoms with van der Waals surface area (Å²) in [5.41, 5.74) is 0.649. The number of amidine groups is 1. The van der Waals surface area contributed by atoms with Gasteiger partial charge in [-0.3, -0.25) is 4.79 Å². The number of amides is 1. The highest BCUT2D eigenvalue weighted by molar-refractivity contribution is 7.90. The van der Waals surface area contributed by atoms with Gasteiger partial charge in [0.15, 0.2) is 5.84 Å². The molecule has 1 saturated carbocycles. The number of carbonyl (C=O) groups is 1. The molecule has 1 saturated heterocycles. The van der Waals surface area contributed by atoms with Gasteiger partial charge in [0, 0.05) is 24.7 Å². The Bertz CT molecular complexity index is 784. The van der Waals surface area contributed by atoms with E-state index < -0.39 is 10.0 Å². The van der Waals surface area contributed by atoms with Crippen LogP contribution in [0.1, 0.15) is 31.2 Å². The summed E-state index contributed by atoms with van der Waals surface area (Å²) in [4.78, 5) is 14.5. The molecule has 1 N–H and O–H groups in total. The first kappa shape index (κ1) is 14.7. The number of hydrogen-bond donors (Lipinski definition) is 1. The maximum absolute atomic E-state index is 12.3. The summed E-state index contributed by atoms with van der Waals surface area (Å²) in [6.45, 7) is 1.26. The minimum absolute atomic E-state index is 0.0898. The van der Waals surface area contributed by atoms with Crippen molar-refractivity contribution in [2.45, 2.75) is 36.6 Å². The molecule has 7 heteroatoms. The predicted molar refractivity (Wildman–Crippen MR) is 85.6 cm³/mol. The Morgan fingerprint density at radius 2 is 2.00 bits per heavy atom. The monoisotopic (exact) mass is 333 g/mol. The molecule has 1 unspecified atom stereocenters. The van der Waals surface area contributed by atoms with Crippen LogP contribution in [0.15, 0.2) is 33.6 Å². The third kappa shape index (κ3) is 2.73. The van der Waals surface area contributed by atoms with Crippen LogP contribution in [0.2, 0.25) is 0 Å². The maximum Gasteiger partial charge on any atom is 0.285 e. The maximum atomic E-state index is 12.3. The van der Waals surface area contributed by atoms with Crippen molar-refractivity contribution in [1.29, 1.82) is 0 Å². The van der Waals surface area contributed by atoms with Gasteiger partial charge in [-0.15, -0.1) is 4.40 Å². The van der Waals surface area contributed by atoms with Gasteiger partial charge in [0.05, 0.1) is 5.92 Å². The fourth-order valence-corrected chi connectivity index (χ4v) is 4.47. The summed E-state index contributed by atoms with van der Waals surface area (Å²) in [7, 11) is -3.61. The summed E-state index contributed by atoms with van der Waals surface area (Å²) >= 11 is 0. The molecule has 2 fully saturated rings. The minimum Gasteiger partial charge on any atom is -0.355 e. The summed E-state index contributed by atoms with van der Waals surface area (Å²) in [5.74, 6) is 0.485. The molecule has 0 radical (unpaired) electrons. The molecule has 0 bridgehead atoms. The quantitative estimate of drug-likeness (QED) is 0.880. The number of nitrogens with one attached hydrogen (secondary N) is 1. The van der Waals surface area contributed by atoms with Gasteiger partial charge in [0.2, 0.25) is 5.91 Å². The molecule has 6 nitrogen and oxygen atoms in total. The highest BCUT2D eigenvalue weighted by Gasteiger charge is 2.36. The van der Waals surface area contributed by atoms with E-state index in [1.54, 1.807) is 18.2 Å². The van der Waals surface area contributed by atoms with E-state index in [1.807, 2.05) is 11.0 Å². The molecule has 1 amide bonds. The van der Waals surface area contributed by atoms with E-state index in [0.29, 0.717) is 24.0 Å². The molecule has 1 aliphatic carbocycles. The number of likely N-dealkylation sites (tertiary alicyclic amines) is 1. The van der Waals surface area contributed by atoms with Gasteiger partial charge in [-0.25, -0.2) is 0 Å². The molecule has 2 aliphatic heterocycles. The second-order valence-corrected chi connectivity index (χ2v) is 8.03. The van der Waals surface area contributed by atoms with Gasteiger partial charge < -0.3 is 10.2 Å². The molecule has 23 heavy (non-hydrogen) atoms. The van der Waals surface area contributed by atoms with E-state index in [2.05, 4.69) is 9.71 Å². The number of nitrogens with zero attached hydrogens (tertiary/aromatic N) is 2. The van der Waals surface area contributed by atoms with Gasteiger partial charge in [-0.05, 0) is 37.8 Å². The molecule has 3 aliphatic rings. The fraction of sp³-hybridized carbons (Fsp3) is 0.500. The Labute approximate surface area is 135 Å². The van der Waals surface area contributed by atoms with Crippen LogP contribution in [-0.2, 0) is 14.8 Å². The van der Waals surface area contributed by atoms with Gasteiger partial charge in [-0.2, -0.15) is 8.42 Å². The number of hydrogen-bond acceptors (Lipinski definition) is 4. The van der Waals surface area contributed by atoms with Crippen LogP contribution in [-0.4, -0.2) is 44.2 Å². The molecule has 0 spiro atoms. The number of piperidine rings is 1.